The average Bonchev–Trinajstić information content (AvgIpc) is 2.61. The molecule has 0 bridgehead atoms. The van der Waals surface area contributed by atoms with Gasteiger partial charge in [0.05, 0.1) is 11.1 Å². The summed E-state index contributed by atoms with van der Waals surface area (Å²) < 4.78 is 89.9. The molecule has 0 amide bonds. The molecule has 29 heavy (non-hydrogen) atoms. The highest BCUT2D eigenvalue weighted by atomic mass is 31.1. The van der Waals surface area contributed by atoms with Gasteiger partial charge in [0.15, 0.2) is 11.8 Å². The lowest BCUT2D eigenvalue weighted by atomic mass is 10.0. The molecule has 2 aromatic rings. The van der Waals surface area contributed by atoms with Crippen LogP contribution >= 0.6 is 8.58 Å². The minimum atomic E-state index is -5.10. The van der Waals surface area contributed by atoms with E-state index < -0.39 is 49.4 Å². The highest BCUT2D eigenvalue weighted by molar-refractivity contribution is 7.66. The highest BCUT2D eigenvalue weighted by Gasteiger charge is 2.42. The minimum absolute atomic E-state index is 0.317. The molecule has 0 aliphatic carbocycles. The first-order valence-electron chi connectivity index (χ1n) is 8.23. The molecule has 0 fully saturated rings. The lowest BCUT2D eigenvalue weighted by Gasteiger charge is -2.18. The second-order valence-corrected chi connectivity index (χ2v) is 7.32. The molecule has 0 aliphatic heterocycles. The van der Waals surface area contributed by atoms with E-state index in [1.165, 1.54) is 25.3 Å². The number of halogens is 6. The molecule has 0 aliphatic rings. The van der Waals surface area contributed by atoms with E-state index in [4.69, 9.17) is 9.47 Å². The van der Waals surface area contributed by atoms with Gasteiger partial charge >= 0.3 is 12.4 Å². The van der Waals surface area contributed by atoms with Crippen molar-refractivity contribution < 1.29 is 40.6 Å². The van der Waals surface area contributed by atoms with Crippen LogP contribution in [0.15, 0.2) is 36.4 Å². The maximum absolute atomic E-state index is 13.3. The van der Waals surface area contributed by atoms with Crippen molar-refractivity contribution in [3.63, 3.8) is 0 Å². The van der Waals surface area contributed by atoms with Crippen LogP contribution in [0.5, 0.6) is 5.75 Å². The monoisotopic (exact) mass is 438 g/mol. The molecule has 0 aromatic heterocycles. The van der Waals surface area contributed by atoms with Gasteiger partial charge in [-0.2, -0.15) is 26.3 Å². The van der Waals surface area contributed by atoms with Crippen molar-refractivity contribution in [3.8, 4) is 5.75 Å². The zero-order valence-corrected chi connectivity index (χ0v) is 16.5. The Kier molecular flexibility index (Phi) is 6.96. The van der Waals surface area contributed by atoms with Gasteiger partial charge < -0.3 is 9.47 Å². The smallest absolute Gasteiger partial charge is 0.417 e. The Labute approximate surface area is 164 Å². The lowest BCUT2D eigenvalue weighted by molar-refractivity contribution is -0.143. The van der Waals surface area contributed by atoms with Crippen molar-refractivity contribution in [2.75, 3.05) is 7.11 Å². The van der Waals surface area contributed by atoms with Gasteiger partial charge in [-0.05, 0) is 57.6 Å². The van der Waals surface area contributed by atoms with E-state index in [1.54, 1.807) is 13.8 Å². The molecular formula is C19H17F6O3P. The van der Waals surface area contributed by atoms with E-state index in [9.17, 15) is 31.1 Å². The summed E-state index contributed by atoms with van der Waals surface area (Å²) in [5.74, 6) is 0.393. The lowest BCUT2D eigenvalue weighted by Crippen LogP contribution is -2.19. The number of hydrogen-bond acceptors (Lipinski definition) is 3. The van der Waals surface area contributed by atoms with Gasteiger partial charge in [-0.25, -0.2) is 0 Å². The Morgan fingerprint density at radius 3 is 2.00 bits per heavy atom. The molecule has 0 saturated heterocycles. The molecular weight excluding hydrogens is 421 g/mol. The summed E-state index contributed by atoms with van der Waals surface area (Å²) in [5.41, 5.74) is -5.31. The van der Waals surface area contributed by atoms with Crippen molar-refractivity contribution in [3.05, 3.63) is 58.7 Å². The Balaban J connectivity index is 2.43. The van der Waals surface area contributed by atoms with Crippen LogP contribution in [0.3, 0.4) is 0 Å². The summed E-state index contributed by atoms with van der Waals surface area (Å²) in [7, 11) is 0.505. The number of ether oxygens (including phenoxy) is 2. The Hall–Kier alpha value is -2.12. The third-order valence-electron chi connectivity index (χ3n) is 3.98. The Morgan fingerprint density at radius 2 is 1.55 bits per heavy atom. The molecule has 0 spiro atoms. The van der Waals surface area contributed by atoms with Crippen molar-refractivity contribution in [1.82, 2.24) is 0 Å². The van der Waals surface area contributed by atoms with Gasteiger partial charge in [-0.1, -0.05) is 12.1 Å². The van der Waals surface area contributed by atoms with Gasteiger partial charge in [0.2, 0.25) is 0 Å². The maximum Gasteiger partial charge on any atom is 0.417 e. The standard InChI is InChI=1S/C19H17F6O3P/c1-10-9-12(28-11(2)27-3)7-8-15(10)29-17(26)16-13(18(20,21)22)5-4-6-14(16)19(23,24)25/h4-9,11,29H,1-3H3. The number of aryl methyl sites for hydroxylation is 1. The molecule has 0 N–H and O–H groups in total. The summed E-state index contributed by atoms with van der Waals surface area (Å²) in [5, 5.41) is 0.317. The summed E-state index contributed by atoms with van der Waals surface area (Å²) in [4.78, 5) is 12.6. The van der Waals surface area contributed by atoms with E-state index in [0.29, 0.717) is 34.8 Å². The second kappa shape index (κ2) is 8.71. The molecule has 0 radical (unpaired) electrons. The van der Waals surface area contributed by atoms with Gasteiger partial charge in [-0.15, -0.1) is 0 Å². The number of hydrogen-bond donors (Lipinski definition) is 0. The van der Waals surface area contributed by atoms with Crippen LogP contribution in [0.2, 0.25) is 0 Å². The molecule has 158 valence electrons. The number of rotatable bonds is 6. The molecule has 3 nitrogen and oxygen atoms in total. The molecule has 10 heteroatoms. The number of carbonyl (C=O) groups is 1. The fraction of sp³-hybridized carbons (Fsp3) is 0.316. The average molecular weight is 438 g/mol. The van der Waals surface area contributed by atoms with Gasteiger partial charge in [0.25, 0.3) is 0 Å². The van der Waals surface area contributed by atoms with E-state index in [2.05, 4.69) is 0 Å². The van der Waals surface area contributed by atoms with Crippen LogP contribution in [-0.2, 0) is 17.1 Å². The minimum Gasteiger partial charge on any atom is -0.465 e. The van der Waals surface area contributed by atoms with Crippen molar-refractivity contribution >= 4 is 19.4 Å². The van der Waals surface area contributed by atoms with Crippen LogP contribution in [0.1, 0.15) is 34.0 Å². The number of carbonyl (C=O) groups excluding carboxylic acids is 1. The van der Waals surface area contributed by atoms with Crippen molar-refractivity contribution in [2.45, 2.75) is 32.5 Å². The summed E-state index contributed by atoms with van der Waals surface area (Å²) in [6, 6.07) is 6.03. The van der Waals surface area contributed by atoms with Gasteiger partial charge in [0, 0.05) is 12.7 Å². The highest BCUT2D eigenvalue weighted by Crippen LogP contribution is 2.41. The van der Waals surface area contributed by atoms with Gasteiger partial charge in [-0.3, -0.25) is 4.79 Å². The predicted molar refractivity (Wildman–Crippen MR) is 97.0 cm³/mol. The van der Waals surface area contributed by atoms with Crippen LogP contribution < -0.4 is 10.0 Å². The third kappa shape index (κ3) is 5.70. The molecule has 2 aromatic carbocycles. The second-order valence-electron chi connectivity index (χ2n) is 6.08. The molecule has 2 unspecified atom stereocenters. The van der Waals surface area contributed by atoms with E-state index in [1.807, 2.05) is 0 Å². The summed E-state index contributed by atoms with van der Waals surface area (Å²) in [6.07, 6.45) is -10.8. The van der Waals surface area contributed by atoms with E-state index >= 15 is 0 Å². The van der Waals surface area contributed by atoms with E-state index in [0.717, 1.165) is 0 Å². The predicted octanol–water partition coefficient (Wildman–Crippen LogP) is 5.55. The quantitative estimate of drug-likeness (QED) is 0.337. The first-order valence-corrected chi connectivity index (χ1v) is 9.23. The van der Waals surface area contributed by atoms with Gasteiger partial charge in [0.1, 0.15) is 5.75 Å². The first-order chi connectivity index (χ1) is 13.3. The zero-order chi connectivity index (χ0) is 22.0. The fourth-order valence-corrected chi connectivity index (χ4v) is 3.62. The number of benzene rings is 2. The van der Waals surface area contributed by atoms with E-state index in [-0.39, 0.29) is 0 Å². The van der Waals surface area contributed by atoms with Crippen LogP contribution in [0.25, 0.3) is 0 Å². The third-order valence-corrected chi connectivity index (χ3v) is 5.29. The van der Waals surface area contributed by atoms with Crippen LogP contribution in [-0.4, -0.2) is 18.9 Å². The SMILES string of the molecule is COC(C)Oc1ccc(PC(=O)c2c(C(F)(F)F)cccc2C(F)(F)F)c(C)c1. The molecule has 0 saturated carbocycles. The first kappa shape index (κ1) is 23.2. The molecule has 2 atom stereocenters. The fourth-order valence-electron chi connectivity index (χ4n) is 2.54. The Bertz CT molecular complexity index is 860. The summed E-state index contributed by atoms with van der Waals surface area (Å²) in [6.45, 7) is 3.22. The number of methoxy groups -OCH3 is 1. The number of alkyl halides is 6. The normalized spacial score (nSPS) is 13.7. The van der Waals surface area contributed by atoms with Crippen molar-refractivity contribution in [2.24, 2.45) is 0 Å². The zero-order valence-electron chi connectivity index (χ0n) is 15.5. The van der Waals surface area contributed by atoms with Crippen LogP contribution in [0.4, 0.5) is 26.3 Å². The molecule has 0 heterocycles. The molecule has 2 rings (SSSR count). The Morgan fingerprint density at radius 1 is 1.00 bits per heavy atom. The van der Waals surface area contributed by atoms with Crippen LogP contribution in [0, 0.1) is 6.92 Å². The maximum atomic E-state index is 13.3. The topological polar surface area (TPSA) is 35.5 Å². The summed E-state index contributed by atoms with van der Waals surface area (Å²) >= 11 is 0. The van der Waals surface area contributed by atoms with Crippen molar-refractivity contribution in [1.29, 1.82) is 0 Å². The largest absolute Gasteiger partial charge is 0.465 e.